The van der Waals surface area contributed by atoms with E-state index in [1.807, 2.05) is 54.6 Å². The molecule has 0 spiro atoms. The number of anilines is 1. The molecule has 174 valence electrons. The molecule has 0 saturated heterocycles. The highest BCUT2D eigenvalue weighted by Crippen LogP contribution is 2.27. The maximum absolute atomic E-state index is 12.7. The topological polar surface area (TPSA) is 75.7 Å². The molecule has 3 aromatic rings. The first-order chi connectivity index (χ1) is 15.7. The van der Waals surface area contributed by atoms with Gasteiger partial charge in [-0.3, -0.25) is 9.10 Å². The third-order valence-corrected chi connectivity index (χ3v) is 7.15. The maximum atomic E-state index is 12.7. The van der Waals surface area contributed by atoms with Crippen LogP contribution in [0.4, 0.5) is 5.69 Å². The number of rotatable bonds is 10. The fraction of sp³-hybridized carbons (Fsp3) is 0.208. The summed E-state index contributed by atoms with van der Waals surface area (Å²) in [7, 11) is -3.70. The molecule has 0 unspecified atom stereocenters. The van der Waals surface area contributed by atoms with Gasteiger partial charge >= 0.3 is 0 Å². The molecule has 33 heavy (non-hydrogen) atoms. The molecular weight excluding hydrogens is 480 g/mol. The number of amides is 1. The monoisotopic (exact) mass is 504 g/mol. The minimum absolute atomic E-state index is 0.373. The van der Waals surface area contributed by atoms with Crippen molar-refractivity contribution in [3.8, 4) is 11.5 Å². The number of carbonyl (C=O) groups is 1. The largest absolute Gasteiger partial charge is 0.457 e. The van der Waals surface area contributed by atoms with Crippen LogP contribution in [0.2, 0.25) is 5.02 Å². The minimum atomic E-state index is -3.70. The lowest BCUT2D eigenvalue weighted by Gasteiger charge is -2.28. The second-order valence-corrected chi connectivity index (χ2v) is 10.7. The Balaban J connectivity index is 1.61. The number of benzene rings is 3. The number of hydrogen-bond acceptors (Lipinski definition) is 5. The lowest BCUT2D eigenvalue weighted by molar-refractivity contribution is -0.121. The first-order valence-electron chi connectivity index (χ1n) is 10.2. The first-order valence-corrected chi connectivity index (χ1v) is 13.4. The van der Waals surface area contributed by atoms with Crippen molar-refractivity contribution >= 4 is 45.0 Å². The van der Waals surface area contributed by atoms with Gasteiger partial charge in [0.1, 0.15) is 17.5 Å². The van der Waals surface area contributed by atoms with Crippen LogP contribution in [0.15, 0.2) is 83.8 Å². The predicted octanol–water partition coefficient (Wildman–Crippen LogP) is 5.20. The third kappa shape index (κ3) is 7.42. The number of nitrogens with zero attached hydrogens (tertiary/aromatic N) is 1. The molecule has 0 fully saturated rings. The summed E-state index contributed by atoms with van der Waals surface area (Å²) in [4.78, 5) is 13.7. The standard InChI is InChI=1S/C24H25ClN2O4S2/c1-18(24(28)26-16-17-32-23-14-8-19(25)9-15-23)27(33(2,29)30)20-10-12-22(13-11-20)31-21-6-4-3-5-7-21/h3-15,18H,16-17H2,1-2H3,(H,26,28)/t18-/m0/s1. The highest BCUT2D eigenvalue weighted by molar-refractivity contribution is 7.99. The predicted molar refractivity (Wildman–Crippen MR) is 135 cm³/mol. The minimum Gasteiger partial charge on any atom is -0.457 e. The highest BCUT2D eigenvalue weighted by atomic mass is 35.5. The maximum Gasteiger partial charge on any atom is 0.243 e. The first kappa shape index (κ1) is 25.0. The molecule has 0 saturated carbocycles. The number of sulfonamides is 1. The van der Waals surface area contributed by atoms with E-state index in [4.69, 9.17) is 16.3 Å². The van der Waals surface area contributed by atoms with Crippen molar-refractivity contribution in [1.29, 1.82) is 0 Å². The average Bonchev–Trinajstić information content (AvgIpc) is 2.79. The Labute approximate surface area is 204 Å². The quantitative estimate of drug-likeness (QED) is 0.303. The number of carbonyl (C=O) groups excluding carboxylic acids is 1. The van der Waals surface area contributed by atoms with Crippen LogP contribution in [0, 0.1) is 0 Å². The van der Waals surface area contributed by atoms with Crippen molar-refractivity contribution in [2.75, 3.05) is 22.9 Å². The fourth-order valence-electron chi connectivity index (χ4n) is 3.12. The zero-order valence-corrected chi connectivity index (χ0v) is 20.7. The van der Waals surface area contributed by atoms with E-state index in [-0.39, 0.29) is 5.91 Å². The Kier molecular flexibility index (Phi) is 8.66. The summed E-state index contributed by atoms with van der Waals surface area (Å²) >= 11 is 7.46. The molecule has 0 aromatic heterocycles. The molecule has 0 aliphatic rings. The lowest BCUT2D eigenvalue weighted by Crippen LogP contribution is -2.48. The van der Waals surface area contributed by atoms with Gasteiger partial charge in [-0.25, -0.2) is 8.42 Å². The Morgan fingerprint density at radius 3 is 2.21 bits per heavy atom. The second-order valence-electron chi connectivity index (χ2n) is 7.24. The van der Waals surface area contributed by atoms with E-state index in [9.17, 15) is 13.2 Å². The van der Waals surface area contributed by atoms with Gasteiger partial charge in [0, 0.05) is 22.2 Å². The van der Waals surface area contributed by atoms with Crippen molar-refractivity contribution in [1.82, 2.24) is 5.32 Å². The Morgan fingerprint density at radius 2 is 1.61 bits per heavy atom. The summed E-state index contributed by atoms with van der Waals surface area (Å²) in [6.45, 7) is 1.97. The Bertz CT molecular complexity index is 1160. The summed E-state index contributed by atoms with van der Waals surface area (Å²) in [5, 5.41) is 3.48. The van der Waals surface area contributed by atoms with Gasteiger partial charge in [-0.05, 0) is 67.6 Å². The van der Waals surface area contributed by atoms with E-state index in [1.165, 1.54) is 0 Å². The molecule has 1 N–H and O–H groups in total. The molecule has 1 atom stereocenters. The molecule has 3 rings (SSSR count). The summed E-state index contributed by atoms with van der Waals surface area (Å²) < 4.78 is 31.9. The van der Waals surface area contributed by atoms with Gasteiger partial charge < -0.3 is 10.1 Å². The number of thioether (sulfide) groups is 1. The van der Waals surface area contributed by atoms with Crippen LogP contribution in [0.5, 0.6) is 11.5 Å². The molecular formula is C24H25ClN2O4S2. The number of hydrogen-bond donors (Lipinski definition) is 1. The molecule has 6 nitrogen and oxygen atoms in total. The molecule has 1 amide bonds. The molecule has 0 radical (unpaired) electrons. The molecule has 0 aliphatic carbocycles. The molecule has 0 bridgehead atoms. The van der Waals surface area contributed by atoms with Crippen LogP contribution in [0.25, 0.3) is 0 Å². The van der Waals surface area contributed by atoms with Crippen LogP contribution in [0.1, 0.15) is 6.92 Å². The van der Waals surface area contributed by atoms with Gasteiger partial charge in [0.2, 0.25) is 15.9 Å². The van der Waals surface area contributed by atoms with E-state index in [0.29, 0.717) is 34.5 Å². The van der Waals surface area contributed by atoms with Crippen molar-refractivity contribution in [2.45, 2.75) is 17.9 Å². The van der Waals surface area contributed by atoms with Gasteiger partial charge in [0.05, 0.1) is 11.9 Å². The normalized spacial score (nSPS) is 12.1. The van der Waals surface area contributed by atoms with E-state index in [0.717, 1.165) is 15.5 Å². The summed E-state index contributed by atoms with van der Waals surface area (Å²) in [5.74, 6) is 1.51. The van der Waals surface area contributed by atoms with Crippen molar-refractivity contribution in [2.24, 2.45) is 0 Å². The third-order valence-electron chi connectivity index (χ3n) is 4.64. The van der Waals surface area contributed by atoms with Gasteiger partial charge in [-0.2, -0.15) is 0 Å². The van der Waals surface area contributed by atoms with Gasteiger partial charge in [-0.1, -0.05) is 29.8 Å². The van der Waals surface area contributed by atoms with Crippen molar-refractivity contribution in [3.63, 3.8) is 0 Å². The second kappa shape index (κ2) is 11.4. The van der Waals surface area contributed by atoms with E-state index in [2.05, 4.69) is 5.32 Å². The smallest absolute Gasteiger partial charge is 0.243 e. The van der Waals surface area contributed by atoms with Crippen LogP contribution in [0.3, 0.4) is 0 Å². The zero-order chi connectivity index (χ0) is 23.8. The van der Waals surface area contributed by atoms with Gasteiger partial charge in [0.25, 0.3) is 0 Å². The number of ether oxygens (including phenoxy) is 1. The number of halogens is 1. The zero-order valence-electron chi connectivity index (χ0n) is 18.3. The van der Waals surface area contributed by atoms with Crippen LogP contribution >= 0.6 is 23.4 Å². The summed E-state index contributed by atoms with van der Waals surface area (Å²) in [6, 6.07) is 22.4. The van der Waals surface area contributed by atoms with Crippen molar-refractivity contribution < 1.29 is 17.9 Å². The van der Waals surface area contributed by atoms with Crippen LogP contribution in [-0.4, -0.2) is 38.9 Å². The van der Waals surface area contributed by atoms with Gasteiger partial charge in [0.15, 0.2) is 0 Å². The molecule has 3 aromatic carbocycles. The lowest BCUT2D eigenvalue weighted by atomic mass is 10.2. The molecule has 0 heterocycles. The van der Waals surface area contributed by atoms with E-state index in [1.54, 1.807) is 43.0 Å². The Morgan fingerprint density at radius 1 is 1.00 bits per heavy atom. The fourth-order valence-corrected chi connectivity index (χ4v) is 5.19. The number of para-hydroxylation sites is 1. The summed E-state index contributed by atoms with van der Waals surface area (Å²) in [5.41, 5.74) is 0.385. The van der Waals surface area contributed by atoms with E-state index >= 15 is 0 Å². The highest BCUT2D eigenvalue weighted by Gasteiger charge is 2.29. The van der Waals surface area contributed by atoms with E-state index < -0.39 is 16.1 Å². The summed E-state index contributed by atoms with van der Waals surface area (Å²) in [6.07, 6.45) is 1.08. The average molecular weight is 505 g/mol. The van der Waals surface area contributed by atoms with Crippen LogP contribution in [-0.2, 0) is 14.8 Å². The van der Waals surface area contributed by atoms with Crippen LogP contribution < -0.4 is 14.4 Å². The SMILES string of the molecule is C[C@@H](C(=O)NCCSc1ccc(Cl)cc1)N(c1ccc(Oc2ccccc2)cc1)S(C)(=O)=O. The molecule has 9 heteroatoms. The molecule has 0 aliphatic heterocycles. The Hall–Kier alpha value is -2.68. The van der Waals surface area contributed by atoms with Gasteiger partial charge in [-0.15, -0.1) is 11.8 Å². The van der Waals surface area contributed by atoms with Crippen molar-refractivity contribution in [3.05, 3.63) is 83.9 Å². The number of nitrogens with one attached hydrogen (secondary N) is 1.